The van der Waals surface area contributed by atoms with E-state index in [4.69, 9.17) is 16.2 Å². The molecular formula is C15H16BrN3OS. The predicted molar refractivity (Wildman–Crippen MR) is 92.2 cm³/mol. The Morgan fingerprint density at radius 1 is 1.24 bits per heavy atom. The molecule has 0 bridgehead atoms. The third kappa shape index (κ3) is 4.41. The summed E-state index contributed by atoms with van der Waals surface area (Å²) in [6.07, 6.45) is 0. The van der Waals surface area contributed by atoms with Crippen LogP contribution in [0.4, 0.5) is 5.69 Å². The molecule has 2 aromatic carbocycles. The van der Waals surface area contributed by atoms with Gasteiger partial charge in [-0.05, 0) is 30.3 Å². The first-order valence-electron chi connectivity index (χ1n) is 6.24. The van der Waals surface area contributed by atoms with Gasteiger partial charge in [0.25, 0.3) is 0 Å². The maximum absolute atomic E-state index is 5.46. The molecule has 0 atom stereocenters. The first-order valence-corrected chi connectivity index (χ1v) is 8.02. The molecule has 0 spiro atoms. The van der Waals surface area contributed by atoms with Gasteiger partial charge in [0.05, 0.1) is 12.8 Å². The maximum Gasteiger partial charge on any atom is 0.191 e. The van der Waals surface area contributed by atoms with Crippen LogP contribution in [0.5, 0.6) is 5.75 Å². The van der Waals surface area contributed by atoms with Crippen molar-refractivity contribution in [2.24, 2.45) is 16.5 Å². The zero-order valence-corrected chi connectivity index (χ0v) is 13.9. The number of nitrogens with zero attached hydrogens (tertiary/aromatic N) is 1. The lowest BCUT2D eigenvalue weighted by molar-refractivity contribution is 0.411. The molecule has 0 saturated heterocycles. The first kappa shape index (κ1) is 15.7. The minimum Gasteiger partial charge on any atom is -0.496 e. The van der Waals surface area contributed by atoms with Crippen molar-refractivity contribution in [3.05, 3.63) is 52.5 Å². The van der Waals surface area contributed by atoms with E-state index in [9.17, 15) is 0 Å². The van der Waals surface area contributed by atoms with E-state index in [1.54, 1.807) is 18.9 Å². The molecule has 0 fully saturated rings. The van der Waals surface area contributed by atoms with Gasteiger partial charge in [-0.1, -0.05) is 28.1 Å². The Morgan fingerprint density at radius 3 is 2.71 bits per heavy atom. The van der Waals surface area contributed by atoms with Gasteiger partial charge in [0.1, 0.15) is 5.75 Å². The highest BCUT2D eigenvalue weighted by Crippen LogP contribution is 2.34. The molecule has 0 unspecified atom stereocenters. The Hall–Kier alpha value is -1.66. The van der Waals surface area contributed by atoms with E-state index in [1.165, 1.54) is 0 Å². The van der Waals surface area contributed by atoms with Gasteiger partial charge in [-0.3, -0.25) is 0 Å². The largest absolute Gasteiger partial charge is 0.496 e. The lowest BCUT2D eigenvalue weighted by Gasteiger charge is -2.10. The lowest BCUT2D eigenvalue weighted by atomic mass is 10.2. The van der Waals surface area contributed by atoms with Gasteiger partial charge in [-0.2, -0.15) is 0 Å². The Morgan fingerprint density at radius 2 is 2.00 bits per heavy atom. The number of methoxy groups -OCH3 is 1. The summed E-state index contributed by atoms with van der Waals surface area (Å²) in [7, 11) is 1.67. The second-order valence-electron chi connectivity index (χ2n) is 4.25. The first-order chi connectivity index (χ1) is 10.1. The monoisotopic (exact) mass is 365 g/mol. The van der Waals surface area contributed by atoms with Crippen LogP contribution in [-0.4, -0.2) is 13.1 Å². The van der Waals surface area contributed by atoms with E-state index in [0.717, 1.165) is 32.1 Å². The molecule has 0 radical (unpaired) electrons. The molecule has 4 nitrogen and oxygen atoms in total. The molecule has 0 saturated carbocycles. The Balaban J connectivity index is 2.21. The van der Waals surface area contributed by atoms with Crippen LogP contribution in [0.15, 0.2) is 56.8 Å². The van der Waals surface area contributed by atoms with Gasteiger partial charge in [0.15, 0.2) is 5.96 Å². The highest BCUT2D eigenvalue weighted by molar-refractivity contribution is 9.10. The van der Waals surface area contributed by atoms with Crippen LogP contribution >= 0.6 is 27.7 Å². The van der Waals surface area contributed by atoms with Crippen molar-refractivity contribution >= 4 is 39.3 Å². The number of halogens is 1. The maximum atomic E-state index is 5.46. The van der Waals surface area contributed by atoms with Gasteiger partial charge in [-0.15, -0.1) is 11.8 Å². The lowest BCUT2D eigenvalue weighted by Crippen LogP contribution is -2.21. The van der Waals surface area contributed by atoms with Crippen LogP contribution < -0.4 is 16.2 Å². The smallest absolute Gasteiger partial charge is 0.191 e. The van der Waals surface area contributed by atoms with Crippen LogP contribution in [-0.2, 0) is 5.75 Å². The van der Waals surface area contributed by atoms with Gasteiger partial charge in [-0.25, -0.2) is 4.99 Å². The number of rotatable bonds is 5. The molecule has 0 aromatic heterocycles. The van der Waals surface area contributed by atoms with Crippen molar-refractivity contribution in [1.29, 1.82) is 0 Å². The molecule has 4 N–H and O–H groups in total. The summed E-state index contributed by atoms with van der Waals surface area (Å²) in [6.45, 7) is 0. The second kappa shape index (κ2) is 7.38. The minimum absolute atomic E-state index is 0.0584. The topological polar surface area (TPSA) is 73.6 Å². The molecule has 0 amide bonds. The average Bonchev–Trinajstić information content (AvgIpc) is 2.46. The third-order valence-corrected chi connectivity index (χ3v) is 4.35. The molecule has 6 heteroatoms. The number of benzene rings is 2. The van der Waals surface area contributed by atoms with Gasteiger partial charge >= 0.3 is 0 Å². The SMILES string of the molecule is COc1ccc(Br)cc1CSc1ccccc1N=C(N)N. The number of ether oxygens (including phenoxy) is 1. The summed E-state index contributed by atoms with van der Waals surface area (Å²) in [6, 6.07) is 13.7. The van der Waals surface area contributed by atoms with Crippen molar-refractivity contribution in [2.45, 2.75) is 10.6 Å². The van der Waals surface area contributed by atoms with Crippen LogP contribution in [0.3, 0.4) is 0 Å². The summed E-state index contributed by atoms with van der Waals surface area (Å²) >= 11 is 5.14. The van der Waals surface area contributed by atoms with Gasteiger partial charge < -0.3 is 16.2 Å². The van der Waals surface area contributed by atoms with Crippen molar-refractivity contribution in [1.82, 2.24) is 0 Å². The van der Waals surface area contributed by atoms with Crippen LogP contribution in [0.2, 0.25) is 0 Å². The van der Waals surface area contributed by atoms with E-state index in [0.29, 0.717) is 0 Å². The van der Waals surface area contributed by atoms with Crippen LogP contribution in [0.25, 0.3) is 0 Å². The zero-order chi connectivity index (χ0) is 15.2. The van der Waals surface area contributed by atoms with Crippen molar-refractivity contribution in [2.75, 3.05) is 7.11 Å². The molecule has 2 aromatic rings. The third-order valence-electron chi connectivity index (χ3n) is 2.74. The number of hydrogen-bond acceptors (Lipinski definition) is 3. The molecule has 110 valence electrons. The highest BCUT2D eigenvalue weighted by Gasteiger charge is 2.07. The fraction of sp³-hybridized carbons (Fsp3) is 0.133. The standard InChI is InChI=1S/C15H16BrN3OS/c1-20-13-7-6-11(16)8-10(13)9-21-14-5-3-2-4-12(14)19-15(17)18/h2-8H,9H2,1H3,(H4,17,18,19). The number of guanidine groups is 1. The van der Waals surface area contributed by atoms with Crippen molar-refractivity contribution in [3.63, 3.8) is 0 Å². The molecule has 0 aliphatic carbocycles. The van der Waals surface area contributed by atoms with Gasteiger partial charge in [0.2, 0.25) is 0 Å². The predicted octanol–water partition coefficient (Wildman–Crippen LogP) is 3.65. The van der Waals surface area contributed by atoms with E-state index in [2.05, 4.69) is 27.0 Å². The van der Waals surface area contributed by atoms with Crippen molar-refractivity contribution < 1.29 is 4.74 Å². The number of hydrogen-bond donors (Lipinski definition) is 2. The van der Waals surface area contributed by atoms with E-state index in [1.807, 2.05) is 36.4 Å². The average molecular weight is 366 g/mol. The quantitative estimate of drug-likeness (QED) is 0.481. The molecule has 0 aliphatic heterocycles. The summed E-state index contributed by atoms with van der Waals surface area (Å²) in [5, 5.41) is 0. The summed E-state index contributed by atoms with van der Waals surface area (Å²) in [5.41, 5.74) is 12.8. The number of nitrogens with two attached hydrogens (primary N) is 2. The summed E-state index contributed by atoms with van der Waals surface area (Å²) in [4.78, 5) is 5.16. The molecule has 0 heterocycles. The molecule has 21 heavy (non-hydrogen) atoms. The number of para-hydroxylation sites is 1. The van der Waals surface area contributed by atoms with Crippen LogP contribution in [0, 0.1) is 0 Å². The number of aliphatic imine (C=N–C) groups is 1. The Labute approximate surface area is 136 Å². The van der Waals surface area contributed by atoms with Crippen LogP contribution in [0.1, 0.15) is 5.56 Å². The fourth-order valence-corrected chi connectivity index (χ4v) is 3.21. The van der Waals surface area contributed by atoms with E-state index < -0.39 is 0 Å². The summed E-state index contributed by atoms with van der Waals surface area (Å²) < 4.78 is 6.41. The van der Waals surface area contributed by atoms with Crippen molar-refractivity contribution in [3.8, 4) is 5.75 Å². The van der Waals surface area contributed by atoms with E-state index >= 15 is 0 Å². The zero-order valence-electron chi connectivity index (χ0n) is 11.5. The number of thioether (sulfide) groups is 1. The normalized spacial score (nSPS) is 10.2. The molecule has 0 aliphatic rings. The Bertz CT molecular complexity index is 657. The summed E-state index contributed by atoms with van der Waals surface area (Å²) in [5.74, 6) is 1.69. The Kier molecular flexibility index (Phi) is 5.52. The molecule has 2 rings (SSSR count). The molecular weight excluding hydrogens is 350 g/mol. The highest BCUT2D eigenvalue weighted by atomic mass is 79.9. The van der Waals surface area contributed by atoms with E-state index in [-0.39, 0.29) is 5.96 Å². The fourth-order valence-electron chi connectivity index (χ4n) is 1.83. The minimum atomic E-state index is 0.0584. The van der Waals surface area contributed by atoms with Gasteiger partial charge in [0, 0.05) is 20.7 Å². The second-order valence-corrected chi connectivity index (χ2v) is 6.18.